The third kappa shape index (κ3) is 2.67. The van der Waals surface area contributed by atoms with Crippen LogP contribution in [0.25, 0.3) is 0 Å². The Hall–Kier alpha value is -1.89. The van der Waals surface area contributed by atoms with Crippen molar-refractivity contribution in [3.05, 3.63) is 23.3 Å². The minimum absolute atomic E-state index is 0.0157. The summed E-state index contributed by atoms with van der Waals surface area (Å²) < 4.78 is 35.2. The molecule has 7 heteroatoms. The number of nitrogens with two attached hydrogens (primary N) is 1. The lowest BCUT2D eigenvalue weighted by molar-refractivity contribution is -0.138. The van der Waals surface area contributed by atoms with Crippen molar-refractivity contribution in [1.29, 1.82) is 0 Å². The second-order valence-electron chi connectivity index (χ2n) is 3.46. The first-order valence-electron chi connectivity index (χ1n) is 4.94. The predicted octanol–water partition coefficient (Wildman–Crippen LogP) is 1.73. The molecule has 18 heavy (non-hydrogen) atoms. The average molecular weight is 261 g/mol. The summed E-state index contributed by atoms with van der Waals surface area (Å²) >= 11 is 0. The third-order valence-electron chi connectivity index (χ3n) is 2.38. The second kappa shape index (κ2) is 5.63. The molecule has 0 aliphatic carbocycles. The topological polar surface area (TPSA) is 81.8 Å². The molecule has 0 aliphatic rings. The van der Waals surface area contributed by atoms with Gasteiger partial charge in [0.15, 0.2) is 11.5 Å². The number of rotatable bonds is 5. The number of alkyl halides is 2. The number of halogens is 2. The van der Waals surface area contributed by atoms with E-state index in [1.807, 2.05) is 0 Å². The van der Waals surface area contributed by atoms with E-state index in [1.54, 1.807) is 0 Å². The molecule has 0 saturated heterocycles. The summed E-state index contributed by atoms with van der Waals surface area (Å²) in [4.78, 5) is 10.8. The zero-order valence-corrected chi connectivity index (χ0v) is 9.81. The maximum absolute atomic E-state index is 12.7. The highest BCUT2D eigenvalue weighted by Gasteiger charge is 2.24. The first kappa shape index (κ1) is 14.2. The maximum atomic E-state index is 12.7. The number of methoxy groups -OCH3 is 2. The summed E-state index contributed by atoms with van der Waals surface area (Å²) in [7, 11) is 2.54. The molecule has 0 heterocycles. The van der Waals surface area contributed by atoms with Crippen molar-refractivity contribution in [1.82, 2.24) is 0 Å². The van der Waals surface area contributed by atoms with Crippen molar-refractivity contribution >= 4 is 5.97 Å². The lowest BCUT2D eigenvalue weighted by Crippen LogP contribution is -2.21. The van der Waals surface area contributed by atoms with E-state index in [0.29, 0.717) is 0 Å². The molecule has 0 aliphatic heterocycles. The van der Waals surface area contributed by atoms with E-state index in [-0.39, 0.29) is 22.6 Å². The molecular weight excluding hydrogens is 248 g/mol. The Morgan fingerprint density at radius 3 is 2.33 bits per heavy atom. The molecule has 100 valence electrons. The van der Waals surface area contributed by atoms with Gasteiger partial charge in [0.05, 0.1) is 14.2 Å². The lowest BCUT2D eigenvalue weighted by atomic mass is 10.0. The fourth-order valence-electron chi connectivity index (χ4n) is 1.51. The van der Waals surface area contributed by atoms with Gasteiger partial charge in [0.2, 0.25) is 0 Å². The van der Waals surface area contributed by atoms with Gasteiger partial charge in [-0.1, -0.05) is 0 Å². The number of carboxylic acid groups (broad SMARTS) is 1. The predicted molar refractivity (Wildman–Crippen MR) is 59.1 cm³/mol. The van der Waals surface area contributed by atoms with Crippen molar-refractivity contribution in [2.75, 3.05) is 14.2 Å². The highest BCUT2D eigenvalue weighted by molar-refractivity contribution is 5.77. The number of carbonyl (C=O) groups is 1. The van der Waals surface area contributed by atoms with Gasteiger partial charge in [0.1, 0.15) is 6.04 Å². The first-order chi connectivity index (χ1) is 8.42. The zero-order chi connectivity index (χ0) is 13.9. The zero-order valence-electron chi connectivity index (χ0n) is 9.81. The van der Waals surface area contributed by atoms with Crippen LogP contribution in [0.2, 0.25) is 0 Å². The minimum Gasteiger partial charge on any atom is -0.493 e. The van der Waals surface area contributed by atoms with Crippen LogP contribution < -0.4 is 15.2 Å². The van der Waals surface area contributed by atoms with Crippen molar-refractivity contribution in [3.8, 4) is 11.5 Å². The summed E-state index contributed by atoms with van der Waals surface area (Å²) in [6, 6.07) is 0.624. The minimum atomic E-state index is -2.76. The number of hydrogen-bond donors (Lipinski definition) is 2. The monoisotopic (exact) mass is 261 g/mol. The van der Waals surface area contributed by atoms with Gasteiger partial charge in [0.25, 0.3) is 6.43 Å². The van der Waals surface area contributed by atoms with E-state index in [4.69, 9.17) is 20.3 Å². The Labute approximate surface area is 102 Å². The first-order valence-corrected chi connectivity index (χ1v) is 4.94. The van der Waals surface area contributed by atoms with Gasteiger partial charge in [0, 0.05) is 11.1 Å². The van der Waals surface area contributed by atoms with E-state index in [1.165, 1.54) is 14.2 Å². The molecule has 1 unspecified atom stereocenters. The average Bonchev–Trinajstić information content (AvgIpc) is 2.35. The van der Waals surface area contributed by atoms with Crippen molar-refractivity contribution in [3.63, 3.8) is 0 Å². The van der Waals surface area contributed by atoms with E-state index in [0.717, 1.165) is 12.1 Å². The molecule has 0 amide bonds. The van der Waals surface area contributed by atoms with Gasteiger partial charge < -0.3 is 20.3 Å². The smallest absolute Gasteiger partial charge is 0.325 e. The normalized spacial score (nSPS) is 12.3. The van der Waals surface area contributed by atoms with Crippen molar-refractivity contribution in [2.45, 2.75) is 12.5 Å². The fourth-order valence-corrected chi connectivity index (χ4v) is 1.51. The lowest BCUT2D eigenvalue weighted by Gasteiger charge is -2.17. The Balaban J connectivity index is 3.44. The molecule has 5 nitrogen and oxygen atoms in total. The fraction of sp³-hybridized carbons (Fsp3) is 0.364. The van der Waals surface area contributed by atoms with Gasteiger partial charge in [-0.3, -0.25) is 4.79 Å². The van der Waals surface area contributed by atoms with Gasteiger partial charge in [-0.25, -0.2) is 8.78 Å². The van der Waals surface area contributed by atoms with Gasteiger partial charge in [-0.2, -0.15) is 0 Å². The summed E-state index contributed by atoms with van der Waals surface area (Å²) in [6.45, 7) is 0. The number of aliphatic carboxylic acids is 1. The van der Waals surface area contributed by atoms with E-state index in [9.17, 15) is 13.6 Å². The molecule has 1 rings (SSSR count). The van der Waals surface area contributed by atoms with Crippen LogP contribution in [0.4, 0.5) is 8.78 Å². The molecule has 0 fully saturated rings. The Kier molecular flexibility index (Phi) is 4.43. The SMILES string of the molecule is COc1cc(C(F)F)cc(C(N)C(=O)O)c1OC. The summed E-state index contributed by atoms with van der Waals surface area (Å²) in [5.74, 6) is -1.29. The maximum Gasteiger partial charge on any atom is 0.325 e. The van der Waals surface area contributed by atoms with Crippen molar-refractivity contribution < 1.29 is 28.2 Å². The quantitative estimate of drug-likeness (QED) is 0.843. The molecular formula is C11H13F2NO4. The van der Waals surface area contributed by atoms with Crippen LogP contribution in [0, 0.1) is 0 Å². The standard InChI is InChI=1S/C11H13F2NO4/c1-17-7-4-5(10(12)13)3-6(9(7)18-2)8(14)11(15)16/h3-4,8,10H,14H2,1-2H3,(H,15,16). The Morgan fingerprint density at radius 1 is 1.33 bits per heavy atom. The van der Waals surface area contributed by atoms with Crippen LogP contribution in [0.3, 0.4) is 0 Å². The molecule has 0 spiro atoms. The van der Waals surface area contributed by atoms with Crippen LogP contribution in [-0.2, 0) is 4.79 Å². The third-order valence-corrected chi connectivity index (χ3v) is 2.38. The molecule has 3 N–H and O–H groups in total. The van der Waals surface area contributed by atoms with Crippen LogP contribution in [-0.4, -0.2) is 25.3 Å². The van der Waals surface area contributed by atoms with Crippen LogP contribution >= 0.6 is 0 Å². The van der Waals surface area contributed by atoms with Gasteiger partial charge >= 0.3 is 5.97 Å². The van der Waals surface area contributed by atoms with Crippen molar-refractivity contribution in [2.24, 2.45) is 5.73 Å². The second-order valence-corrected chi connectivity index (χ2v) is 3.46. The molecule has 1 aromatic carbocycles. The van der Waals surface area contributed by atoms with Gasteiger partial charge in [-0.15, -0.1) is 0 Å². The molecule has 0 saturated carbocycles. The van der Waals surface area contributed by atoms with Crippen LogP contribution in [0.5, 0.6) is 11.5 Å². The number of hydrogen-bond acceptors (Lipinski definition) is 4. The van der Waals surface area contributed by atoms with Crippen LogP contribution in [0.15, 0.2) is 12.1 Å². The highest BCUT2D eigenvalue weighted by atomic mass is 19.3. The molecule has 0 bridgehead atoms. The summed E-state index contributed by atoms with van der Waals surface area (Å²) in [5, 5.41) is 8.84. The van der Waals surface area contributed by atoms with Crippen LogP contribution in [0.1, 0.15) is 23.6 Å². The van der Waals surface area contributed by atoms with E-state index in [2.05, 4.69) is 0 Å². The Morgan fingerprint density at radius 2 is 1.94 bits per heavy atom. The number of benzene rings is 1. The molecule has 1 atom stereocenters. The molecule has 0 aromatic heterocycles. The van der Waals surface area contributed by atoms with Gasteiger partial charge in [-0.05, 0) is 12.1 Å². The highest BCUT2D eigenvalue weighted by Crippen LogP contribution is 2.38. The summed E-state index contributed by atoms with van der Waals surface area (Å²) in [5.41, 5.74) is 5.00. The van der Waals surface area contributed by atoms with E-state index >= 15 is 0 Å². The molecule has 1 aromatic rings. The van der Waals surface area contributed by atoms with E-state index < -0.39 is 18.4 Å². The summed E-state index contributed by atoms with van der Waals surface area (Å²) in [6.07, 6.45) is -2.76. The molecule has 0 radical (unpaired) electrons. The Bertz CT molecular complexity index is 451. The number of ether oxygens (including phenoxy) is 2. The largest absolute Gasteiger partial charge is 0.493 e. The number of carboxylic acids is 1.